The van der Waals surface area contributed by atoms with Crippen LogP contribution in [0, 0.1) is 6.92 Å². The van der Waals surface area contributed by atoms with Gasteiger partial charge in [-0.1, -0.05) is 11.6 Å². The number of nitrogens with one attached hydrogen (secondary N) is 3. The van der Waals surface area contributed by atoms with Crippen LogP contribution >= 0.6 is 11.6 Å². The van der Waals surface area contributed by atoms with Gasteiger partial charge in [0.15, 0.2) is 12.4 Å². The van der Waals surface area contributed by atoms with Crippen molar-refractivity contribution in [3.05, 3.63) is 65.3 Å². The summed E-state index contributed by atoms with van der Waals surface area (Å²) in [5.74, 6) is 2.30. The quantitative estimate of drug-likeness (QED) is 0.464. The van der Waals surface area contributed by atoms with E-state index in [0.29, 0.717) is 41.3 Å². The van der Waals surface area contributed by atoms with E-state index in [9.17, 15) is 4.79 Å². The number of pyridine rings is 1. The monoisotopic (exact) mass is 412 g/mol. The number of hydrogen-bond donors (Lipinski definition) is 3. The van der Waals surface area contributed by atoms with E-state index in [-0.39, 0.29) is 12.5 Å². The highest BCUT2D eigenvalue weighted by molar-refractivity contribution is 6.30. The van der Waals surface area contributed by atoms with Crippen molar-refractivity contribution in [2.45, 2.75) is 6.92 Å². The van der Waals surface area contributed by atoms with Crippen LogP contribution in [0.1, 0.15) is 5.56 Å². The van der Waals surface area contributed by atoms with E-state index in [0.717, 1.165) is 5.56 Å². The Morgan fingerprint density at radius 1 is 1.00 bits per heavy atom. The molecule has 0 aliphatic rings. The Morgan fingerprint density at radius 3 is 2.48 bits per heavy atom. The molecule has 2 heterocycles. The fourth-order valence-electron chi connectivity index (χ4n) is 2.35. The van der Waals surface area contributed by atoms with Gasteiger partial charge in [-0.15, -0.1) is 10.2 Å². The lowest BCUT2D eigenvalue weighted by Crippen LogP contribution is -2.32. The van der Waals surface area contributed by atoms with Crippen LogP contribution in [-0.4, -0.2) is 40.8 Å². The molecule has 9 heteroatoms. The Labute approximate surface area is 173 Å². The first-order valence-corrected chi connectivity index (χ1v) is 9.38. The van der Waals surface area contributed by atoms with Crippen molar-refractivity contribution in [2.75, 3.05) is 30.3 Å². The van der Waals surface area contributed by atoms with Crippen LogP contribution in [0.25, 0.3) is 0 Å². The van der Waals surface area contributed by atoms with E-state index >= 15 is 0 Å². The maximum atomic E-state index is 11.8. The van der Waals surface area contributed by atoms with Gasteiger partial charge in [-0.3, -0.25) is 4.79 Å². The fourth-order valence-corrected chi connectivity index (χ4v) is 2.48. The van der Waals surface area contributed by atoms with Crippen LogP contribution in [0.4, 0.5) is 17.5 Å². The van der Waals surface area contributed by atoms with Gasteiger partial charge in [0.25, 0.3) is 5.91 Å². The van der Waals surface area contributed by atoms with E-state index < -0.39 is 0 Å². The number of carbonyl (C=O) groups excluding carboxylic acids is 1. The molecule has 0 aliphatic heterocycles. The smallest absolute Gasteiger partial charge is 0.258 e. The summed E-state index contributed by atoms with van der Waals surface area (Å²) in [7, 11) is 0. The maximum Gasteiger partial charge on any atom is 0.258 e. The number of carbonyl (C=O) groups is 1. The summed E-state index contributed by atoms with van der Waals surface area (Å²) < 4.78 is 5.38. The maximum absolute atomic E-state index is 11.8. The first-order chi connectivity index (χ1) is 14.1. The fraction of sp³-hybridized carbons (Fsp3) is 0.200. The first kappa shape index (κ1) is 20.3. The highest BCUT2D eigenvalue weighted by Crippen LogP contribution is 2.15. The Hall–Kier alpha value is -3.39. The van der Waals surface area contributed by atoms with E-state index in [1.165, 1.54) is 0 Å². The summed E-state index contributed by atoms with van der Waals surface area (Å²) in [5, 5.41) is 17.8. The zero-order chi connectivity index (χ0) is 20.5. The third-order valence-electron chi connectivity index (χ3n) is 3.77. The summed E-state index contributed by atoms with van der Waals surface area (Å²) >= 11 is 5.80. The molecule has 0 unspecified atom stereocenters. The van der Waals surface area contributed by atoms with Crippen LogP contribution in [0.3, 0.4) is 0 Å². The summed E-state index contributed by atoms with van der Waals surface area (Å²) in [5.41, 5.74) is 1.11. The van der Waals surface area contributed by atoms with Gasteiger partial charge in [0.1, 0.15) is 17.4 Å². The molecule has 0 spiro atoms. The highest BCUT2D eigenvalue weighted by atomic mass is 35.5. The summed E-state index contributed by atoms with van der Waals surface area (Å²) in [6, 6.07) is 14.3. The van der Waals surface area contributed by atoms with Crippen molar-refractivity contribution in [2.24, 2.45) is 0 Å². The molecule has 2 aromatic heterocycles. The third-order valence-corrected chi connectivity index (χ3v) is 4.02. The molecule has 0 saturated heterocycles. The molecule has 1 aromatic carbocycles. The molecule has 3 aromatic rings. The topological polar surface area (TPSA) is 101 Å². The van der Waals surface area contributed by atoms with E-state index in [1.807, 2.05) is 19.1 Å². The third kappa shape index (κ3) is 6.93. The lowest BCUT2D eigenvalue weighted by Gasteiger charge is -2.09. The molecule has 0 radical (unpaired) electrons. The number of ether oxygens (including phenoxy) is 1. The summed E-state index contributed by atoms with van der Waals surface area (Å²) in [6.45, 7) is 2.87. The molecule has 0 atom stereocenters. The second-order valence-corrected chi connectivity index (χ2v) is 6.60. The van der Waals surface area contributed by atoms with Crippen molar-refractivity contribution in [3.8, 4) is 5.75 Å². The molecular weight excluding hydrogens is 392 g/mol. The van der Waals surface area contributed by atoms with Crippen LogP contribution in [0.2, 0.25) is 5.02 Å². The number of halogens is 1. The number of aromatic nitrogens is 3. The van der Waals surface area contributed by atoms with E-state index in [2.05, 4.69) is 31.1 Å². The van der Waals surface area contributed by atoms with Crippen LogP contribution in [0.15, 0.2) is 54.7 Å². The first-order valence-electron chi connectivity index (χ1n) is 9.01. The van der Waals surface area contributed by atoms with Crippen molar-refractivity contribution < 1.29 is 9.53 Å². The van der Waals surface area contributed by atoms with Crippen molar-refractivity contribution in [1.29, 1.82) is 0 Å². The normalized spacial score (nSPS) is 10.3. The number of hydrogen-bond acceptors (Lipinski definition) is 7. The molecule has 8 nitrogen and oxygen atoms in total. The lowest BCUT2D eigenvalue weighted by atomic mass is 10.3. The Morgan fingerprint density at radius 2 is 1.76 bits per heavy atom. The molecule has 0 saturated carbocycles. The molecule has 0 bridgehead atoms. The molecule has 29 heavy (non-hydrogen) atoms. The molecular formula is C20H21ClN6O2. The van der Waals surface area contributed by atoms with Crippen molar-refractivity contribution in [3.63, 3.8) is 0 Å². The van der Waals surface area contributed by atoms with Gasteiger partial charge >= 0.3 is 0 Å². The summed E-state index contributed by atoms with van der Waals surface area (Å²) in [6.07, 6.45) is 1.73. The molecule has 150 valence electrons. The predicted octanol–water partition coefficient (Wildman–Crippen LogP) is 3.18. The average Bonchev–Trinajstić information content (AvgIpc) is 2.72. The number of rotatable bonds is 9. The number of benzene rings is 1. The van der Waals surface area contributed by atoms with Gasteiger partial charge in [-0.25, -0.2) is 4.98 Å². The minimum absolute atomic E-state index is 0.0607. The molecule has 0 fully saturated rings. The number of aryl methyl sites for hydroxylation is 1. The lowest BCUT2D eigenvalue weighted by molar-refractivity contribution is -0.123. The zero-order valence-electron chi connectivity index (χ0n) is 15.9. The number of amides is 1. The number of nitrogens with zero attached hydrogens (tertiary/aromatic N) is 3. The van der Waals surface area contributed by atoms with E-state index in [1.54, 1.807) is 42.6 Å². The predicted molar refractivity (Wildman–Crippen MR) is 113 cm³/mol. The van der Waals surface area contributed by atoms with Crippen LogP contribution in [0.5, 0.6) is 5.75 Å². The van der Waals surface area contributed by atoms with E-state index in [4.69, 9.17) is 16.3 Å². The highest BCUT2D eigenvalue weighted by Gasteiger charge is 2.03. The minimum Gasteiger partial charge on any atom is -0.484 e. The minimum atomic E-state index is -0.210. The SMILES string of the molecule is Cc1ccnc(Nc2ccc(NCCNC(=O)COc3ccc(Cl)cc3)nn2)c1. The number of anilines is 3. The molecule has 3 N–H and O–H groups in total. The Kier molecular flexibility index (Phi) is 7.18. The van der Waals surface area contributed by atoms with Gasteiger partial charge in [0, 0.05) is 24.3 Å². The van der Waals surface area contributed by atoms with Gasteiger partial charge in [0.2, 0.25) is 0 Å². The summed E-state index contributed by atoms with van der Waals surface area (Å²) in [4.78, 5) is 16.0. The molecule has 0 aliphatic carbocycles. The standard InChI is InChI=1S/C20H21ClN6O2/c1-14-8-9-22-19(12-14)25-18-7-6-17(26-27-18)23-10-11-24-20(28)13-29-16-4-2-15(21)3-5-16/h2-9,12H,10-11,13H2,1H3,(H,23,26)(H,24,28)(H,22,25,27). The van der Waals surface area contributed by atoms with Gasteiger partial charge in [-0.05, 0) is 61.0 Å². The zero-order valence-corrected chi connectivity index (χ0v) is 16.6. The van der Waals surface area contributed by atoms with Crippen molar-refractivity contribution >= 4 is 35.0 Å². The van der Waals surface area contributed by atoms with Crippen LogP contribution in [-0.2, 0) is 4.79 Å². The van der Waals surface area contributed by atoms with Crippen molar-refractivity contribution in [1.82, 2.24) is 20.5 Å². The average molecular weight is 413 g/mol. The van der Waals surface area contributed by atoms with Gasteiger partial charge in [0.05, 0.1) is 0 Å². The molecule has 3 rings (SSSR count). The largest absolute Gasteiger partial charge is 0.484 e. The Bertz CT molecular complexity index is 934. The molecule has 1 amide bonds. The van der Waals surface area contributed by atoms with Crippen LogP contribution < -0.4 is 20.7 Å². The second kappa shape index (κ2) is 10.2. The second-order valence-electron chi connectivity index (χ2n) is 6.17. The van der Waals surface area contributed by atoms with Gasteiger partial charge < -0.3 is 20.7 Å². The Balaban J connectivity index is 1.34. The van der Waals surface area contributed by atoms with Gasteiger partial charge in [-0.2, -0.15) is 0 Å².